The van der Waals surface area contributed by atoms with Gasteiger partial charge in [-0.25, -0.2) is 0 Å². The summed E-state index contributed by atoms with van der Waals surface area (Å²) >= 11 is 0. The Bertz CT molecular complexity index is 1180. The van der Waals surface area contributed by atoms with Crippen molar-refractivity contribution in [3.05, 3.63) is 72.9 Å². The highest BCUT2D eigenvalue weighted by molar-refractivity contribution is 7.45. The van der Waals surface area contributed by atoms with Gasteiger partial charge in [-0.05, 0) is 70.6 Å². The number of rotatable bonds is 38. The standard InChI is InChI=1S/C46H80NO8P/c1-6-8-10-12-14-16-18-20-22-23-25-27-29-31-33-35-37-39-46(49)55-44(43-54-56(50,51)53-41-40-47(3,4)5)42-52-45(48)38-36-34-32-30-28-26-24-21-19-17-15-13-11-9-7-2/h8,10,13-16,20,22,25,27,31,33,44H,6-7,9,11-12,17-19,21,23-24,26,28-30,32,34-43H2,1-5H3/b10-8+,15-13+,16-14+,22-20+,27-25+,33-31+/t44-/m1/s1. The van der Waals surface area contributed by atoms with Crippen LogP contribution in [-0.2, 0) is 32.7 Å². The quantitative estimate of drug-likeness (QED) is 0.0199. The Morgan fingerprint density at radius 1 is 0.571 bits per heavy atom. The summed E-state index contributed by atoms with van der Waals surface area (Å²) in [6, 6.07) is 0. The molecule has 0 fully saturated rings. The molecule has 0 N–H and O–H groups in total. The fraction of sp³-hybridized carbons (Fsp3) is 0.696. The molecule has 0 aliphatic rings. The van der Waals surface area contributed by atoms with E-state index in [1.54, 1.807) is 0 Å². The van der Waals surface area contributed by atoms with Gasteiger partial charge in [0.05, 0.1) is 27.7 Å². The summed E-state index contributed by atoms with van der Waals surface area (Å²) in [6.45, 7) is 4.00. The van der Waals surface area contributed by atoms with Crippen LogP contribution in [0.4, 0.5) is 0 Å². The normalized spacial score (nSPS) is 14.3. The Kier molecular flexibility index (Phi) is 36.3. The number of ether oxygens (including phenoxy) is 2. The van der Waals surface area contributed by atoms with Crippen molar-refractivity contribution in [1.82, 2.24) is 0 Å². The average molecular weight is 806 g/mol. The molecule has 2 atom stereocenters. The van der Waals surface area contributed by atoms with Crippen LogP contribution < -0.4 is 4.89 Å². The summed E-state index contributed by atoms with van der Waals surface area (Å²) in [5, 5.41) is 0. The SMILES string of the molecule is CC/C=C/C/C=C/C/C=C/C/C=C/C/C=C/CCCC(=O)O[C@H](COC(=O)CCCCCCCCCCC/C=C/CCCC)COP(=O)([O-])OCC[N+](C)(C)C. The van der Waals surface area contributed by atoms with Gasteiger partial charge in [0.2, 0.25) is 0 Å². The van der Waals surface area contributed by atoms with Crippen molar-refractivity contribution < 1.29 is 42.1 Å². The monoisotopic (exact) mass is 806 g/mol. The molecule has 322 valence electrons. The van der Waals surface area contributed by atoms with Crippen LogP contribution in [-0.4, -0.2) is 70.0 Å². The summed E-state index contributed by atoms with van der Waals surface area (Å²) in [4.78, 5) is 37.5. The Morgan fingerprint density at radius 2 is 1.04 bits per heavy atom. The van der Waals surface area contributed by atoms with E-state index in [1.807, 2.05) is 27.2 Å². The zero-order valence-electron chi connectivity index (χ0n) is 36.1. The maximum Gasteiger partial charge on any atom is 0.306 e. The summed E-state index contributed by atoms with van der Waals surface area (Å²) in [5.41, 5.74) is 0. The lowest BCUT2D eigenvalue weighted by molar-refractivity contribution is -0.870. The summed E-state index contributed by atoms with van der Waals surface area (Å²) in [5.74, 6) is -0.911. The zero-order chi connectivity index (χ0) is 41.4. The molecule has 0 aromatic rings. The van der Waals surface area contributed by atoms with Gasteiger partial charge in [-0.1, -0.05) is 145 Å². The largest absolute Gasteiger partial charge is 0.756 e. The van der Waals surface area contributed by atoms with Gasteiger partial charge in [0.1, 0.15) is 19.8 Å². The molecule has 0 radical (unpaired) electrons. The van der Waals surface area contributed by atoms with Gasteiger partial charge in [-0.2, -0.15) is 0 Å². The second-order valence-corrected chi connectivity index (χ2v) is 16.7. The molecule has 0 spiro atoms. The minimum atomic E-state index is -4.64. The third-order valence-corrected chi connectivity index (χ3v) is 9.67. The first-order chi connectivity index (χ1) is 27.0. The van der Waals surface area contributed by atoms with Crippen LogP contribution >= 0.6 is 7.82 Å². The predicted molar refractivity (Wildman–Crippen MR) is 231 cm³/mol. The Labute approximate surface area is 342 Å². The molecular weight excluding hydrogens is 725 g/mol. The second-order valence-electron chi connectivity index (χ2n) is 15.3. The van der Waals surface area contributed by atoms with Crippen LogP contribution in [0.15, 0.2) is 72.9 Å². The highest BCUT2D eigenvalue weighted by Gasteiger charge is 2.21. The number of unbranched alkanes of at least 4 members (excludes halogenated alkanes) is 12. The number of hydrogen-bond acceptors (Lipinski definition) is 8. The number of esters is 2. The van der Waals surface area contributed by atoms with Crippen LogP contribution in [0.3, 0.4) is 0 Å². The number of likely N-dealkylation sites (N-methyl/N-ethyl adjacent to an activating group) is 1. The smallest absolute Gasteiger partial charge is 0.306 e. The predicted octanol–water partition coefficient (Wildman–Crippen LogP) is 11.6. The number of carbonyl (C=O) groups excluding carboxylic acids is 2. The number of nitrogens with zero attached hydrogens (tertiary/aromatic N) is 1. The lowest BCUT2D eigenvalue weighted by Gasteiger charge is -2.28. The van der Waals surface area contributed by atoms with Crippen LogP contribution in [0, 0.1) is 0 Å². The molecular formula is C46H80NO8P. The maximum atomic E-state index is 12.6. The number of carbonyl (C=O) groups is 2. The minimum absolute atomic E-state index is 0.0451. The molecule has 10 heteroatoms. The van der Waals surface area contributed by atoms with Gasteiger partial charge < -0.3 is 27.9 Å². The maximum absolute atomic E-state index is 12.6. The van der Waals surface area contributed by atoms with Gasteiger partial charge in [0.15, 0.2) is 6.10 Å². The molecule has 0 heterocycles. The lowest BCUT2D eigenvalue weighted by Crippen LogP contribution is -2.37. The van der Waals surface area contributed by atoms with Crippen molar-refractivity contribution >= 4 is 19.8 Å². The molecule has 1 unspecified atom stereocenters. The van der Waals surface area contributed by atoms with Gasteiger partial charge >= 0.3 is 11.9 Å². The highest BCUT2D eigenvalue weighted by atomic mass is 31.2. The topological polar surface area (TPSA) is 111 Å². The molecule has 0 rings (SSSR count). The number of quaternary nitrogens is 1. The molecule has 9 nitrogen and oxygen atoms in total. The summed E-state index contributed by atoms with van der Waals surface area (Å²) in [7, 11) is 1.12. The third-order valence-electron chi connectivity index (χ3n) is 8.71. The van der Waals surface area contributed by atoms with Gasteiger partial charge in [0, 0.05) is 12.8 Å². The number of hydrogen-bond donors (Lipinski definition) is 0. The first-order valence-electron chi connectivity index (χ1n) is 21.6. The number of allylic oxidation sites excluding steroid dienone is 12. The van der Waals surface area contributed by atoms with Crippen molar-refractivity contribution in [2.24, 2.45) is 0 Å². The van der Waals surface area contributed by atoms with Gasteiger partial charge in [-0.15, -0.1) is 0 Å². The fourth-order valence-electron chi connectivity index (χ4n) is 5.32. The van der Waals surface area contributed by atoms with E-state index in [4.69, 9.17) is 18.5 Å². The summed E-state index contributed by atoms with van der Waals surface area (Å²) in [6.07, 6.45) is 46.5. The Morgan fingerprint density at radius 3 is 1.59 bits per heavy atom. The van der Waals surface area contributed by atoms with E-state index in [0.717, 1.165) is 57.8 Å². The molecule has 0 aromatic heterocycles. The Balaban J connectivity index is 4.48. The van der Waals surface area contributed by atoms with Crippen LogP contribution in [0.25, 0.3) is 0 Å². The summed E-state index contributed by atoms with van der Waals surface area (Å²) < 4.78 is 33.8. The lowest BCUT2D eigenvalue weighted by atomic mass is 10.1. The molecule has 0 amide bonds. The van der Waals surface area contributed by atoms with Crippen molar-refractivity contribution in [1.29, 1.82) is 0 Å². The van der Waals surface area contributed by atoms with Crippen LogP contribution in [0.5, 0.6) is 0 Å². The minimum Gasteiger partial charge on any atom is -0.756 e. The second kappa shape index (κ2) is 38.0. The molecule has 0 bridgehead atoms. The average Bonchev–Trinajstić information content (AvgIpc) is 3.15. The highest BCUT2D eigenvalue weighted by Crippen LogP contribution is 2.38. The van der Waals surface area contributed by atoms with E-state index < -0.39 is 32.5 Å². The fourth-order valence-corrected chi connectivity index (χ4v) is 6.05. The van der Waals surface area contributed by atoms with Crippen molar-refractivity contribution in [2.75, 3.05) is 47.5 Å². The molecule has 0 aliphatic carbocycles. The number of phosphoric ester groups is 1. The van der Waals surface area contributed by atoms with Gasteiger partial charge in [-0.3, -0.25) is 14.2 Å². The van der Waals surface area contributed by atoms with Crippen molar-refractivity contribution in [3.63, 3.8) is 0 Å². The zero-order valence-corrected chi connectivity index (χ0v) is 36.9. The first-order valence-corrected chi connectivity index (χ1v) is 23.1. The van der Waals surface area contributed by atoms with E-state index in [9.17, 15) is 19.0 Å². The van der Waals surface area contributed by atoms with Crippen molar-refractivity contribution in [3.8, 4) is 0 Å². The van der Waals surface area contributed by atoms with Crippen LogP contribution in [0.2, 0.25) is 0 Å². The molecule has 0 aliphatic heterocycles. The third kappa shape index (κ3) is 41.1. The van der Waals surface area contributed by atoms with Gasteiger partial charge in [0.25, 0.3) is 7.82 Å². The molecule has 0 saturated carbocycles. The van der Waals surface area contributed by atoms with Crippen molar-refractivity contribution in [2.45, 2.75) is 161 Å². The molecule has 56 heavy (non-hydrogen) atoms. The first kappa shape index (κ1) is 53.5. The number of phosphoric acid groups is 1. The van der Waals surface area contributed by atoms with E-state index in [1.165, 1.54) is 57.8 Å². The molecule has 0 saturated heterocycles. The Hall–Kier alpha value is -2.55. The van der Waals surface area contributed by atoms with Crippen LogP contribution in [0.1, 0.15) is 155 Å². The van der Waals surface area contributed by atoms with E-state index in [2.05, 4.69) is 80.7 Å². The van der Waals surface area contributed by atoms with E-state index in [-0.39, 0.29) is 26.1 Å². The molecule has 0 aromatic carbocycles. The van der Waals surface area contributed by atoms with E-state index >= 15 is 0 Å². The van der Waals surface area contributed by atoms with E-state index in [0.29, 0.717) is 23.9 Å².